The minimum Gasteiger partial charge on any atom is -0.425 e. The van der Waals surface area contributed by atoms with Gasteiger partial charge in [-0.25, -0.2) is 9.59 Å². The number of nitrogens with one attached hydrogen (secondary N) is 1. The first-order valence-corrected chi connectivity index (χ1v) is 8.65. The predicted molar refractivity (Wildman–Crippen MR) is 102 cm³/mol. The van der Waals surface area contributed by atoms with E-state index in [2.05, 4.69) is 10.3 Å². The Morgan fingerprint density at radius 3 is 2.43 bits per heavy atom. The average Bonchev–Trinajstić information content (AvgIpc) is 2.66. The molecule has 2 aromatic rings. The lowest BCUT2D eigenvalue weighted by molar-refractivity contribution is -0.384. The zero-order valence-electron chi connectivity index (χ0n) is 15.9. The Labute approximate surface area is 162 Å². The molecule has 28 heavy (non-hydrogen) atoms. The number of aromatic nitrogens is 1. The van der Waals surface area contributed by atoms with Crippen LogP contribution >= 0.6 is 0 Å². The van der Waals surface area contributed by atoms with Gasteiger partial charge in [0.25, 0.3) is 5.69 Å². The van der Waals surface area contributed by atoms with Crippen molar-refractivity contribution in [1.82, 2.24) is 15.2 Å². The van der Waals surface area contributed by atoms with Crippen LogP contribution in [0.2, 0.25) is 0 Å². The summed E-state index contributed by atoms with van der Waals surface area (Å²) in [7, 11) is 1.60. The summed E-state index contributed by atoms with van der Waals surface area (Å²) < 4.78 is 5.26. The van der Waals surface area contributed by atoms with Crippen molar-refractivity contribution < 1.29 is 19.2 Å². The topological polar surface area (TPSA) is 115 Å². The second kappa shape index (κ2) is 9.45. The Hall–Kier alpha value is -3.49. The zero-order chi connectivity index (χ0) is 20.7. The van der Waals surface area contributed by atoms with E-state index in [0.29, 0.717) is 0 Å². The van der Waals surface area contributed by atoms with Gasteiger partial charge in [-0.3, -0.25) is 15.1 Å². The fraction of sp³-hybridized carbons (Fsp3) is 0.316. The number of ether oxygens (including phenoxy) is 1. The second-order valence-electron chi connectivity index (χ2n) is 6.52. The van der Waals surface area contributed by atoms with Gasteiger partial charge in [0.05, 0.1) is 17.2 Å². The van der Waals surface area contributed by atoms with Crippen LogP contribution in [0.15, 0.2) is 48.7 Å². The number of nitro groups is 1. The van der Waals surface area contributed by atoms with E-state index in [4.69, 9.17) is 4.74 Å². The number of esters is 1. The number of rotatable bonds is 7. The standard InChI is InChI=1S/C19H22N4O5/c1-13(2)17(18(24)28-16-9-7-15(8-10-16)23(26)27)21-19(25)22(3)12-14-6-4-5-11-20-14/h4-11,13,17H,12H2,1-3H3,(H,21,25)/t17-/m0/s1. The van der Waals surface area contributed by atoms with E-state index in [1.807, 2.05) is 6.07 Å². The molecule has 1 aromatic heterocycles. The molecule has 1 N–H and O–H groups in total. The van der Waals surface area contributed by atoms with Crippen LogP contribution in [0.25, 0.3) is 0 Å². The van der Waals surface area contributed by atoms with Gasteiger partial charge in [0.1, 0.15) is 11.8 Å². The maximum Gasteiger partial charge on any atom is 0.334 e. The van der Waals surface area contributed by atoms with Gasteiger partial charge in [-0.05, 0) is 30.2 Å². The van der Waals surface area contributed by atoms with Crippen molar-refractivity contribution in [3.05, 3.63) is 64.5 Å². The molecule has 0 aliphatic rings. The number of nitrogens with zero attached hydrogens (tertiary/aromatic N) is 3. The fourth-order valence-corrected chi connectivity index (χ4v) is 2.36. The number of urea groups is 1. The molecule has 0 aliphatic carbocycles. The summed E-state index contributed by atoms with van der Waals surface area (Å²) in [6, 6.07) is 9.24. The minimum atomic E-state index is -0.881. The first kappa shape index (κ1) is 20.8. The number of carbonyl (C=O) groups excluding carboxylic acids is 2. The molecule has 0 radical (unpaired) electrons. The predicted octanol–water partition coefficient (Wildman–Crippen LogP) is 2.76. The van der Waals surface area contributed by atoms with Crippen LogP contribution in [0, 0.1) is 16.0 Å². The molecular weight excluding hydrogens is 364 g/mol. The fourth-order valence-electron chi connectivity index (χ4n) is 2.36. The van der Waals surface area contributed by atoms with Crippen molar-refractivity contribution in [3.8, 4) is 5.75 Å². The number of hydrogen-bond acceptors (Lipinski definition) is 6. The van der Waals surface area contributed by atoms with E-state index in [9.17, 15) is 19.7 Å². The molecule has 9 heteroatoms. The Bertz CT molecular complexity index is 824. The van der Waals surface area contributed by atoms with Crippen molar-refractivity contribution in [3.63, 3.8) is 0 Å². The summed E-state index contributed by atoms with van der Waals surface area (Å²) >= 11 is 0. The second-order valence-corrected chi connectivity index (χ2v) is 6.52. The zero-order valence-corrected chi connectivity index (χ0v) is 15.9. The van der Waals surface area contributed by atoms with Crippen molar-refractivity contribution in [2.45, 2.75) is 26.4 Å². The third-order valence-electron chi connectivity index (χ3n) is 3.94. The van der Waals surface area contributed by atoms with Crippen LogP contribution in [0.5, 0.6) is 5.75 Å². The Balaban J connectivity index is 2.00. The third-order valence-corrected chi connectivity index (χ3v) is 3.94. The highest BCUT2D eigenvalue weighted by atomic mass is 16.6. The lowest BCUT2D eigenvalue weighted by Crippen LogP contribution is -2.50. The number of amides is 2. The summed E-state index contributed by atoms with van der Waals surface area (Å²) in [5.41, 5.74) is 0.611. The van der Waals surface area contributed by atoms with Gasteiger partial charge in [0, 0.05) is 25.4 Å². The van der Waals surface area contributed by atoms with Gasteiger partial charge in [0.2, 0.25) is 0 Å². The van der Waals surface area contributed by atoms with E-state index in [0.717, 1.165) is 5.69 Å². The van der Waals surface area contributed by atoms with Gasteiger partial charge in [-0.2, -0.15) is 0 Å². The van der Waals surface area contributed by atoms with Crippen LogP contribution < -0.4 is 10.1 Å². The molecule has 1 atom stereocenters. The molecule has 1 aromatic carbocycles. The highest BCUT2D eigenvalue weighted by Gasteiger charge is 2.27. The molecule has 0 bridgehead atoms. The number of benzene rings is 1. The van der Waals surface area contributed by atoms with E-state index in [1.165, 1.54) is 29.2 Å². The Morgan fingerprint density at radius 2 is 1.89 bits per heavy atom. The molecular formula is C19H22N4O5. The average molecular weight is 386 g/mol. The lowest BCUT2D eigenvalue weighted by atomic mass is 10.1. The molecule has 2 amide bonds. The number of non-ortho nitro benzene ring substituents is 1. The summed E-state index contributed by atoms with van der Waals surface area (Å²) in [4.78, 5) is 40.7. The number of carbonyl (C=O) groups is 2. The van der Waals surface area contributed by atoms with Crippen molar-refractivity contribution in [2.75, 3.05) is 7.05 Å². The number of pyridine rings is 1. The maximum absolute atomic E-state index is 12.5. The number of hydrogen-bond donors (Lipinski definition) is 1. The summed E-state index contributed by atoms with van der Waals surface area (Å²) in [5, 5.41) is 13.4. The van der Waals surface area contributed by atoms with Crippen LogP contribution in [0.1, 0.15) is 19.5 Å². The molecule has 0 saturated heterocycles. The SMILES string of the molecule is CC(C)[C@H](NC(=O)N(C)Cc1ccccn1)C(=O)Oc1ccc([N+](=O)[O-])cc1. The maximum atomic E-state index is 12.5. The van der Waals surface area contributed by atoms with Crippen LogP contribution in [-0.2, 0) is 11.3 Å². The van der Waals surface area contributed by atoms with Gasteiger partial charge in [-0.1, -0.05) is 19.9 Å². The van der Waals surface area contributed by atoms with Gasteiger partial charge < -0.3 is 15.0 Å². The molecule has 9 nitrogen and oxygen atoms in total. The van der Waals surface area contributed by atoms with Crippen molar-refractivity contribution in [2.24, 2.45) is 5.92 Å². The quantitative estimate of drug-likeness (QED) is 0.339. The van der Waals surface area contributed by atoms with E-state index >= 15 is 0 Å². The molecule has 0 fully saturated rings. The van der Waals surface area contributed by atoms with Gasteiger partial charge in [-0.15, -0.1) is 0 Å². The van der Waals surface area contributed by atoms with Crippen molar-refractivity contribution in [1.29, 1.82) is 0 Å². The van der Waals surface area contributed by atoms with E-state index < -0.39 is 23.0 Å². The Morgan fingerprint density at radius 1 is 1.21 bits per heavy atom. The first-order chi connectivity index (χ1) is 13.3. The molecule has 148 valence electrons. The lowest BCUT2D eigenvalue weighted by Gasteiger charge is -2.24. The van der Waals surface area contributed by atoms with Crippen LogP contribution in [0.4, 0.5) is 10.5 Å². The summed E-state index contributed by atoms with van der Waals surface area (Å²) in [6.07, 6.45) is 1.64. The summed E-state index contributed by atoms with van der Waals surface area (Å²) in [5.74, 6) is -0.710. The van der Waals surface area contributed by atoms with E-state index in [-0.39, 0.29) is 23.9 Å². The van der Waals surface area contributed by atoms with Gasteiger partial charge in [0.15, 0.2) is 0 Å². The number of nitro benzene ring substituents is 1. The Kier molecular flexibility index (Phi) is 7.02. The molecule has 2 rings (SSSR count). The smallest absolute Gasteiger partial charge is 0.334 e. The molecule has 1 heterocycles. The first-order valence-electron chi connectivity index (χ1n) is 8.65. The largest absolute Gasteiger partial charge is 0.425 e. The van der Waals surface area contributed by atoms with E-state index in [1.54, 1.807) is 39.2 Å². The molecule has 0 aliphatic heterocycles. The third kappa shape index (κ3) is 5.76. The van der Waals surface area contributed by atoms with Gasteiger partial charge >= 0.3 is 12.0 Å². The monoisotopic (exact) mass is 386 g/mol. The highest BCUT2D eigenvalue weighted by Crippen LogP contribution is 2.18. The summed E-state index contributed by atoms with van der Waals surface area (Å²) in [6.45, 7) is 3.84. The highest BCUT2D eigenvalue weighted by molar-refractivity contribution is 5.85. The van der Waals surface area contributed by atoms with Crippen LogP contribution in [-0.4, -0.2) is 39.9 Å². The molecule has 0 spiro atoms. The minimum absolute atomic E-state index is 0.107. The normalized spacial score (nSPS) is 11.6. The molecule has 0 saturated carbocycles. The van der Waals surface area contributed by atoms with Crippen LogP contribution in [0.3, 0.4) is 0 Å². The molecule has 0 unspecified atom stereocenters. The van der Waals surface area contributed by atoms with Crippen molar-refractivity contribution >= 4 is 17.7 Å².